The van der Waals surface area contributed by atoms with Crippen molar-refractivity contribution < 1.29 is 4.42 Å². The molecule has 0 bridgehead atoms. The van der Waals surface area contributed by atoms with Crippen molar-refractivity contribution in [3.8, 4) is 0 Å². The molecule has 0 amide bonds. The highest BCUT2D eigenvalue weighted by atomic mass is 16.3. The maximum atomic E-state index is 5.97. The van der Waals surface area contributed by atoms with E-state index >= 15 is 0 Å². The summed E-state index contributed by atoms with van der Waals surface area (Å²) in [6.07, 6.45) is 1.98. The molecule has 5 nitrogen and oxygen atoms in total. The minimum Gasteiger partial charge on any atom is -0.466 e. The molecule has 21 heavy (non-hydrogen) atoms. The average Bonchev–Trinajstić information content (AvgIpc) is 2.83. The van der Waals surface area contributed by atoms with E-state index in [1.54, 1.807) is 0 Å². The summed E-state index contributed by atoms with van der Waals surface area (Å²) >= 11 is 0. The van der Waals surface area contributed by atoms with E-state index in [1.807, 2.05) is 32.9 Å². The maximum absolute atomic E-state index is 5.97. The van der Waals surface area contributed by atoms with Crippen LogP contribution in [0.2, 0.25) is 0 Å². The first-order chi connectivity index (χ1) is 9.93. The zero-order valence-corrected chi connectivity index (χ0v) is 13.2. The van der Waals surface area contributed by atoms with E-state index in [9.17, 15) is 0 Å². The lowest BCUT2D eigenvalue weighted by Crippen LogP contribution is -2.24. The maximum Gasteiger partial charge on any atom is 0.221 e. The summed E-state index contributed by atoms with van der Waals surface area (Å²) in [6, 6.07) is 3.99. The largest absolute Gasteiger partial charge is 0.466 e. The van der Waals surface area contributed by atoms with Crippen LogP contribution in [0.5, 0.6) is 0 Å². The summed E-state index contributed by atoms with van der Waals surface area (Å²) in [5.41, 5.74) is 13.9. The van der Waals surface area contributed by atoms with Crippen molar-refractivity contribution in [3.63, 3.8) is 0 Å². The van der Waals surface area contributed by atoms with Gasteiger partial charge in [0.1, 0.15) is 17.4 Å². The molecular formula is C16H24N4O. The van der Waals surface area contributed by atoms with Crippen LogP contribution in [0.25, 0.3) is 0 Å². The molecule has 0 radical (unpaired) electrons. The van der Waals surface area contributed by atoms with Crippen LogP contribution in [0, 0.1) is 12.8 Å². The van der Waals surface area contributed by atoms with Gasteiger partial charge in [-0.25, -0.2) is 9.98 Å². The van der Waals surface area contributed by atoms with Gasteiger partial charge in [0.05, 0.1) is 11.6 Å². The normalized spacial score (nSPS) is 20.9. The van der Waals surface area contributed by atoms with Gasteiger partial charge in [-0.3, -0.25) is 0 Å². The van der Waals surface area contributed by atoms with Gasteiger partial charge < -0.3 is 15.9 Å². The highest BCUT2D eigenvalue weighted by molar-refractivity contribution is 5.98. The van der Waals surface area contributed by atoms with Crippen molar-refractivity contribution >= 4 is 11.8 Å². The van der Waals surface area contributed by atoms with Gasteiger partial charge >= 0.3 is 0 Å². The number of hydrogen-bond acceptors (Lipinski definition) is 5. The Kier molecular flexibility index (Phi) is 4.50. The second-order valence-electron chi connectivity index (χ2n) is 5.59. The number of rotatable bonds is 4. The lowest BCUT2D eigenvalue weighted by Gasteiger charge is -2.19. The molecule has 0 spiro atoms. The minimum absolute atomic E-state index is 0.0280. The Morgan fingerprint density at radius 2 is 1.95 bits per heavy atom. The Hall–Kier alpha value is -2.04. The second kappa shape index (κ2) is 6.16. The van der Waals surface area contributed by atoms with E-state index in [2.05, 4.69) is 16.9 Å². The summed E-state index contributed by atoms with van der Waals surface area (Å²) < 4.78 is 5.82. The molecule has 2 heterocycles. The number of furan rings is 1. The number of aryl methyl sites for hydroxylation is 1. The lowest BCUT2D eigenvalue weighted by atomic mass is 9.89. The van der Waals surface area contributed by atoms with Crippen molar-refractivity contribution in [1.82, 2.24) is 0 Å². The van der Waals surface area contributed by atoms with Crippen molar-refractivity contribution in [3.05, 3.63) is 34.9 Å². The summed E-state index contributed by atoms with van der Waals surface area (Å²) in [5.74, 6) is 2.67. The number of nitrogens with zero attached hydrogens (tertiary/aromatic N) is 2. The van der Waals surface area contributed by atoms with Crippen LogP contribution in [-0.2, 0) is 0 Å². The van der Waals surface area contributed by atoms with Crippen molar-refractivity contribution in [2.75, 3.05) is 0 Å². The lowest BCUT2D eigenvalue weighted by molar-refractivity contribution is 0.446. The van der Waals surface area contributed by atoms with E-state index in [4.69, 9.17) is 15.9 Å². The smallest absolute Gasteiger partial charge is 0.221 e. The van der Waals surface area contributed by atoms with Crippen LogP contribution in [0.3, 0.4) is 0 Å². The monoisotopic (exact) mass is 288 g/mol. The van der Waals surface area contributed by atoms with Gasteiger partial charge in [-0.2, -0.15) is 0 Å². The fourth-order valence-corrected chi connectivity index (χ4v) is 2.61. The molecule has 2 unspecified atom stereocenters. The molecule has 0 aromatic carbocycles. The Labute approximate surface area is 125 Å². The summed E-state index contributed by atoms with van der Waals surface area (Å²) in [5, 5.41) is 0. The molecule has 5 heteroatoms. The summed E-state index contributed by atoms with van der Waals surface area (Å²) in [4.78, 5) is 8.66. The number of guanidine groups is 1. The molecule has 0 saturated heterocycles. The van der Waals surface area contributed by atoms with Gasteiger partial charge in [0, 0.05) is 5.92 Å². The predicted octanol–water partition coefficient (Wildman–Crippen LogP) is 3.07. The second-order valence-corrected chi connectivity index (χ2v) is 5.59. The highest BCUT2D eigenvalue weighted by Crippen LogP contribution is 2.36. The summed E-state index contributed by atoms with van der Waals surface area (Å²) in [7, 11) is 0. The number of aliphatic imine (C=N–C) groups is 2. The topological polar surface area (TPSA) is 89.9 Å². The Bertz CT molecular complexity index is 610. The molecule has 1 aliphatic rings. The third-order valence-corrected chi connectivity index (χ3v) is 3.99. The minimum atomic E-state index is 0.0280. The molecule has 1 aromatic heterocycles. The summed E-state index contributed by atoms with van der Waals surface area (Å²) in [6.45, 7) is 8.17. The van der Waals surface area contributed by atoms with Crippen molar-refractivity contribution in [2.45, 2.75) is 46.5 Å². The molecule has 4 N–H and O–H groups in total. The van der Waals surface area contributed by atoms with Crippen molar-refractivity contribution in [1.29, 1.82) is 0 Å². The fraction of sp³-hybridized carbons (Fsp3) is 0.500. The highest BCUT2D eigenvalue weighted by Gasteiger charge is 2.26. The molecule has 1 aromatic rings. The van der Waals surface area contributed by atoms with Gasteiger partial charge in [0.25, 0.3) is 0 Å². The number of hydrogen-bond donors (Lipinski definition) is 2. The van der Waals surface area contributed by atoms with Crippen LogP contribution in [-0.4, -0.2) is 11.8 Å². The van der Waals surface area contributed by atoms with Gasteiger partial charge in [0.2, 0.25) is 5.96 Å². The van der Waals surface area contributed by atoms with E-state index in [1.165, 1.54) is 0 Å². The molecule has 114 valence electrons. The van der Waals surface area contributed by atoms with Gasteiger partial charge in [-0.15, -0.1) is 0 Å². The van der Waals surface area contributed by atoms with Crippen LogP contribution in [0.15, 0.2) is 37.8 Å². The van der Waals surface area contributed by atoms with Gasteiger partial charge in [-0.1, -0.05) is 20.3 Å². The van der Waals surface area contributed by atoms with Crippen molar-refractivity contribution in [2.24, 2.45) is 27.4 Å². The van der Waals surface area contributed by atoms with Crippen LogP contribution < -0.4 is 11.5 Å². The average molecular weight is 288 g/mol. The molecule has 0 aliphatic carbocycles. The predicted molar refractivity (Wildman–Crippen MR) is 86.2 cm³/mol. The van der Waals surface area contributed by atoms with Crippen LogP contribution in [0.4, 0.5) is 0 Å². The molecule has 0 saturated carbocycles. The zero-order valence-electron chi connectivity index (χ0n) is 13.2. The number of nitrogens with two attached hydrogens (primary N) is 2. The van der Waals surface area contributed by atoms with Crippen LogP contribution in [0.1, 0.15) is 51.1 Å². The third-order valence-electron chi connectivity index (χ3n) is 3.99. The third kappa shape index (κ3) is 3.17. The van der Waals surface area contributed by atoms with Gasteiger partial charge in [0.15, 0.2) is 0 Å². The number of allylic oxidation sites excluding steroid dienone is 1. The SMILES string of the molecule is CCCC(C1=C(C)C(C)C(N)=NC(N)=N1)c1ccc(C)o1. The molecule has 2 rings (SSSR count). The van der Waals surface area contributed by atoms with Crippen LogP contribution >= 0.6 is 0 Å². The standard InChI is InChI=1S/C16H24N4O/c1-5-6-12(13-8-7-9(2)21-13)14-10(3)11(4)15(17)20-16(18)19-14/h7-8,11-12H,5-6H2,1-4H3,(H4,17,18,19,20). The van der Waals surface area contributed by atoms with E-state index in [0.29, 0.717) is 5.84 Å². The Morgan fingerprint density at radius 3 is 2.52 bits per heavy atom. The van der Waals surface area contributed by atoms with E-state index < -0.39 is 0 Å². The van der Waals surface area contributed by atoms with E-state index in [-0.39, 0.29) is 17.8 Å². The van der Waals surface area contributed by atoms with E-state index in [0.717, 1.165) is 35.6 Å². The fourth-order valence-electron chi connectivity index (χ4n) is 2.61. The Balaban J connectivity index is 2.50. The molecule has 0 fully saturated rings. The first kappa shape index (κ1) is 15.4. The Morgan fingerprint density at radius 1 is 1.24 bits per heavy atom. The molecular weight excluding hydrogens is 264 g/mol. The molecule has 1 aliphatic heterocycles. The quantitative estimate of drug-likeness (QED) is 0.892. The first-order valence-electron chi connectivity index (χ1n) is 7.39. The first-order valence-corrected chi connectivity index (χ1v) is 7.39. The number of amidine groups is 1. The zero-order chi connectivity index (χ0) is 15.6. The van der Waals surface area contributed by atoms with Gasteiger partial charge in [-0.05, 0) is 38.0 Å². The molecule has 2 atom stereocenters.